The number of nitrogens with zero attached hydrogens (tertiary/aromatic N) is 2. The van der Waals surface area contributed by atoms with Crippen LogP contribution >= 0.6 is 0 Å². The first-order chi connectivity index (χ1) is 19.2. The molecule has 0 aromatic heterocycles. The maximum absolute atomic E-state index is 14.0. The smallest absolute Gasteiger partial charge is 0.264 e. The molecular weight excluding hydrogens is 522 g/mol. The number of rotatable bonds is 11. The van der Waals surface area contributed by atoms with Crippen LogP contribution in [0.25, 0.3) is 0 Å². The minimum absolute atomic E-state index is 0.0967. The lowest BCUT2D eigenvalue weighted by Gasteiger charge is -2.32. The number of aryl methyl sites for hydroxylation is 2. The van der Waals surface area contributed by atoms with Gasteiger partial charge in [-0.25, -0.2) is 8.42 Å². The molecule has 3 aromatic carbocycles. The molecule has 0 radical (unpaired) electrons. The van der Waals surface area contributed by atoms with Crippen LogP contribution in [0.3, 0.4) is 0 Å². The summed E-state index contributed by atoms with van der Waals surface area (Å²) in [5.74, 6) is -0.675. The number of benzene rings is 3. The van der Waals surface area contributed by atoms with Gasteiger partial charge in [-0.2, -0.15) is 0 Å². The topological polar surface area (TPSA) is 86.8 Å². The lowest BCUT2D eigenvalue weighted by molar-refractivity contribution is -0.139. The second-order valence-electron chi connectivity index (χ2n) is 10.5. The SMILES string of the molecule is CCc1ccc(N(CC(=O)N(Cc2ccc(C)cc2)[C@@H](C)C(=O)NC2CCCC2)S(=O)(=O)c2ccccc2)cc1. The van der Waals surface area contributed by atoms with Crippen molar-refractivity contribution in [1.29, 1.82) is 0 Å². The predicted octanol–water partition coefficient (Wildman–Crippen LogP) is 5.23. The van der Waals surface area contributed by atoms with Crippen molar-refractivity contribution in [2.75, 3.05) is 10.8 Å². The molecule has 1 atom stereocenters. The Kier molecular flexibility index (Phi) is 9.63. The van der Waals surface area contributed by atoms with Crippen molar-refractivity contribution in [2.24, 2.45) is 0 Å². The molecule has 0 bridgehead atoms. The van der Waals surface area contributed by atoms with E-state index in [4.69, 9.17) is 0 Å². The molecule has 0 spiro atoms. The van der Waals surface area contributed by atoms with E-state index in [0.29, 0.717) is 5.69 Å². The van der Waals surface area contributed by atoms with Crippen molar-refractivity contribution in [3.63, 3.8) is 0 Å². The molecule has 1 N–H and O–H groups in total. The van der Waals surface area contributed by atoms with Crippen LogP contribution in [-0.4, -0.2) is 43.8 Å². The minimum Gasteiger partial charge on any atom is -0.352 e. The molecule has 212 valence electrons. The van der Waals surface area contributed by atoms with Crippen LogP contribution in [0.5, 0.6) is 0 Å². The zero-order chi connectivity index (χ0) is 28.7. The second kappa shape index (κ2) is 13.1. The first-order valence-corrected chi connectivity index (χ1v) is 15.4. The zero-order valence-corrected chi connectivity index (χ0v) is 24.4. The van der Waals surface area contributed by atoms with Crippen LogP contribution in [0, 0.1) is 6.92 Å². The van der Waals surface area contributed by atoms with Gasteiger partial charge in [0.15, 0.2) is 0 Å². The molecule has 0 aliphatic heterocycles. The Bertz CT molecular complexity index is 1380. The molecule has 0 saturated heterocycles. The molecule has 1 saturated carbocycles. The molecule has 3 aromatic rings. The summed E-state index contributed by atoms with van der Waals surface area (Å²) in [6, 6.07) is 22.4. The lowest BCUT2D eigenvalue weighted by atomic mass is 10.1. The van der Waals surface area contributed by atoms with Crippen LogP contribution in [-0.2, 0) is 32.6 Å². The first kappa shape index (κ1) is 29.3. The molecule has 1 aliphatic carbocycles. The summed E-state index contributed by atoms with van der Waals surface area (Å²) in [5, 5.41) is 3.10. The second-order valence-corrected chi connectivity index (χ2v) is 12.4. The number of amides is 2. The van der Waals surface area contributed by atoms with E-state index in [-0.39, 0.29) is 23.4 Å². The van der Waals surface area contributed by atoms with Crippen LogP contribution in [0.4, 0.5) is 5.69 Å². The van der Waals surface area contributed by atoms with Crippen molar-refractivity contribution in [3.05, 3.63) is 95.6 Å². The lowest BCUT2D eigenvalue weighted by Crippen LogP contribution is -2.52. The summed E-state index contributed by atoms with van der Waals surface area (Å²) >= 11 is 0. The molecule has 0 heterocycles. The zero-order valence-electron chi connectivity index (χ0n) is 23.5. The van der Waals surface area contributed by atoms with Crippen molar-refractivity contribution < 1.29 is 18.0 Å². The van der Waals surface area contributed by atoms with Crippen LogP contribution in [0.15, 0.2) is 83.8 Å². The van der Waals surface area contributed by atoms with E-state index in [1.165, 1.54) is 17.0 Å². The van der Waals surface area contributed by atoms with Gasteiger partial charge in [0.25, 0.3) is 10.0 Å². The molecule has 8 heteroatoms. The third kappa shape index (κ3) is 7.10. The van der Waals surface area contributed by atoms with Gasteiger partial charge in [0, 0.05) is 12.6 Å². The van der Waals surface area contributed by atoms with E-state index in [1.807, 2.05) is 50.2 Å². The van der Waals surface area contributed by atoms with Crippen molar-refractivity contribution >= 4 is 27.5 Å². The Hall–Kier alpha value is -3.65. The number of nitrogens with one attached hydrogen (secondary N) is 1. The minimum atomic E-state index is -4.06. The molecule has 0 unspecified atom stereocenters. The molecular formula is C32H39N3O4S. The summed E-state index contributed by atoms with van der Waals surface area (Å²) in [6.45, 7) is 5.48. The Morgan fingerprint density at radius 1 is 0.900 bits per heavy atom. The highest BCUT2D eigenvalue weighted by Crippen LogP contribution is 2.25. The van der Waals surface area contributed by atoms with Gasteiger partial charge in [-0.15, -0.1) is 0 Å². The fourth-order valence-electron chi connectivity index (χ4n) is 5.01. The summed E-state index contributed by atoms with van der Waals surface area (Å²) < 4.78 is 28.8. The number of carbonyl (C=O) groups excluding carboxylic acids is 2. The van der Waals surface area contributed by atoms with Gasteiger partial charge in [0.2, 0.25) is 11.8 Å². The summed E-state index contributed by atoms with van der Waals surface area (Å²) in [6.07, 6.45) is 4.83. The van der Waals surface area contributed by atoms with Crippen molar-refractivity contribution in [3.8, 4) is 0 Å². The number of hydrogen-bond acceptors (Lipinski definition) is 4. The third-order valence-corrected chi connectivity index (χ3v) is 9.37. The number of sulfonamides is 1. The Morgan fingerprint density at radius 2 is 1.50 bits per heavy atom. The van der Waals surface area contributed by atoms with Gasteiger partial charge in [-0.1, -0.05) is 79.9 Å². The molecule has 1 aliphatic rings. The molecule has 40 heavy (non-hydrogen) atoms. The largest absolute Gasteiger partial charge is 0.352 e. The average Bonchev–Trinajstić information content (AvgIpc) is 3.48. The van der Waals surface area contributed by atoms with Gasteiger partial charge < -0.3 is 10.2 Å². The van der Waals surface area contributed by atoms with E-state index < -0.39 is 28.5 Å². The quantitative estimate of drug-likeness (QED) is 0.347. The van der Waals surface area contributed by atoms with Gasteiger partial charge in [-0.3, -0.25) is 13.9 Å². The van der Waals surface area contributed by atoms with Crippen molar-refractivity contribution in [1.82, 2.24) is 10.2 Å². The highest BCUT2D eigenvalue weighted by molar-refractivity contribution is 7.92. The van der Waals surface area contributed by atoms with Gasteiger partial charge >= 0.3 is 0 Å². The summed E-state index contributed by atoms with van der Waals surface area (Å²) in [4.78, 5) is 28.9. The third-order valence-electron chi connectivity index (χ3n) is 7.59. The Morgan fingerprint density at radius 3 is 2.10 bits per heavy atom. The maximum Gasteiger partial charge on any atom is 0.264 e. The van der Waals surface area contributed by atoms with E-state index >= 15 is 0 Å². The first-order valence-electron chi connectivity index (χ1n) is 14.0. The van der Waals surface area contributed by atoms with Gasteiger partial charge in [0.05, 0.1) is 10.6 Å². The van der Waals surface area contributed by atoms with E-state index in [1.54, 1.807) is 37.3 Å². The Balaban J connectivity index is 1.67. The number of anilines is 1. The number of hydrogen-bond donors (Lipinski definition) is 1. The Labute approximate surface area is 238 Å². The fourth-order valence-corrected chi connectivity index (χ4v) is 6.45. The normalized spacial score (nSPS) is 14.5. The standard InChI is InChI=1S/C32H39N3O4S/c1-4-26-18-20-29(21-19-26)35(40(38,39)30-12-6-5-7-13-30)23-31(36)34(22-27-16-14-24(2)15-17-27)25(3)32(37)33-28-10-8-9-11-28/h5-7,12-21,25,28H,4,8-11,22-23H2,1-3H3,(H,33,37)/t25-/m0/s1. The highest BCUT2D eigenvalue weighted by atomic mass is 32.2. The van der Waals surface area contributed by atoms with Gasteiger partial charge in [-0.05, 0) is 68.5 Å². The maximum atomic E-state index is 14.0. The summed E-state index contributed by atoms with van der Waals surface area (Å²) in [5.41, 5.74) is 3.41. The summed E-state index contributed by atoms with van der Waals surface area (Å²) in [7, 11) is -4.06. The monoisotopic (exact) mass is 561 g/mol. The van der Waals surface area contributed by atoms with Crippen molar-refractivity contribution in [2.45, 2.75) is 76.4 Å². The van der Waals surface area contributed by atoms with Crippen LogP contribution < -0.4 is 9.62 Å². The van der Waals surface area contributed by atoms with E-state index in [0.717, 1.165) is 53.1 Å². The van der Waals surface area contributed by atoms with E-state index in [2.05, 4.69) is 5.32 Å². The number of carbonyl (C=O) groups is 2. The fraction of sp³-hybridized carbons (Fsp3) is 0.375. The van der Waals surface area contributed by atoms with E-state index in [9.17, 15) is 18.0 Å². The highest BCUT2D eigenvalue weighted by Gasteiger charge is 2.33. The van der Waals surface area contributed by atoms with Crippen LogP contribution in [0.2, 0.25) is 0 Å². The average molecular weight is 562 g/mol. The molecule has 1 fully saturated rings. The van der Waals surface area contributed by atoms with Gasteiger partial charge in [0.1, 0.15) is 12.6 Å². The predicted molar refractivity (Wildman–Crippen MR) is 158 cm³/mol. The molecule has 2 amide bonds. The molecule has 7 nitrogen and oxygen atoms in total. The molecule has 4 rings (SSSR count). The van der Waals surface area contributed by atoms with Crippen LogP contribution in [0.1, 0.15) is 56.2 Å².